The molecule has 2 nitrogen and oxygen atoms in total. The lowest BCUT2D eigenvalue weighted by atomic mass is 10.1. The highest BCUT2D eigenvalue weighted by atomic mass is 35.5. The monoisotopic (exact) mass is 246 g/mol. The summed E-state index contributed by atoms with van der Waals surface area (Å²) in [7, 11) is 0. The zero-order valence-corrected chi connectivity index (χ0v) is 9.94. The Morgan fingerprint density at radius 1 is 1.47 bits per heavy atom. The Kier molecular flexibility index (Phi) is 4.92. The van der Waals surface area contributed by atoms with Gasteiger partial charge in [0, 0.05) is 5.02 Å². The number of alkyl halides is 1. The van der Waals surface area contributed by atoms with Gasteiger partial charge < -0.3 is 4.74 Å². The lowest BCUT2D eigenvalue weighted by molar-refractivity contribution is 0.101. The molecule has 4 heteroatoms. The Morgan fingerprint density at radius 3 is 2.80 bits per heavy atom. The maximum absolute atomic E-state index is 11.5. The molecule has 0 saturated carbocycles. The molecule has 1 rings (SSSR count). The number of hydrogen-bond donors (Lipinski definition) is 0. The first kappa shape index (κ1) is 12.3. The molecule has 0 saturated heterocycles. The van der Waals surface area contributed by atoms with Crippen molar-refractivity contribution in [3.8, 4) is 5.75 Å². The molecular formula is C11H12Cl2O2. The molecule has 0 aliphatic heterocycles. The largest absolute Gasteiger partial charge is 0.493 e. The second-order valence-corrected chi connectivity index (χ2v) is 3.75. The van der Waals surface area contributed by atoms with E-state index in [1.807, 2.05) is 6.92 Å². The number of benzene rings is 1. The van der Waals surface area contributed by atoms with Gasteiger partial charge in [-0.1, -0.05) is 18.5 Å². The third-order valence-electron chi connectivity index (χ3n) is 1.83. The third-order valence-corrected chi connectivity index (χ3v) is 2.30. The average molecular weight is 247 g/mol. The predicted molar refractivity (Wildman–Crippen MR) is 62.3 cm³/mol. The number of carbonyl (C=O) groups is 1. The first-order chi connectivity index (χ1) is 7.19. The van der Waals surface area contributed by atoms with Crippen molar-refractivity contribution in [3.63, 3.8) is 0 Å². The van der Waals surface area contributed by atoms with Crippen molar-refractivity contribution in [1.82, 2.24) is 0 Å². The van der Waals surface area contributed by atoms with Crippen LogP contribution in [-0.2, 0) is 0 Å². The van der Waals surface area contributed by atoms with E-state index in [0.29, 0.717) is 22.9 Å². The highest BCUT2D eigenvalue weighted by molar-refractivity contribution is 6.33. The van der Waals surface area contributed by atoms with Gasteiger partial charge in [0.1, 0.15) is 5.75 Å². The Morgan fingerprint density at radius 2 is 2.20 bits per heavy atom. The first-order valence-corrected chi connectivity index (χ1v) is 5.61. The summed E-state index contributed by atoms with van der Waals surface area (Å²) in [6.07, 6.45) is 0.886. The van der Waals surface area contributed by atoms with Crippen LogP contribution in [0.4, 0.5) is 0 Å². The van der Waals surface area contributed by atoms with E-state index >= 15 is 0 Å². The zero-order chi connectivity index (χ0) is 11.3. The van der Waals surface area contributed by atoms with E-state index in [2.05, 4.69) is 0 Å². The van der Waals surface area contributed by atoms with Gasteiger partial charge in [-0.3, -0.25) is 4.79 Å². The number of halogens is 2. The molecule has 82 valence electrons. The van der Waals surface area contributed by atoms with Gasteiger partial charge in [-0.2, -0.15) is 0 Å². The van der Waals surface area contributed by atoms with E-state index in [1.54, 1.807) is 18.2 Å². The number of hydrogen-bond acceptors (Lipinski definition) is 2. The van der Waals surface area contributed by atoms with Crippen LogP contribution in [0.3, 0.4) is 0 Å². The van der Waals surface area contributed by atoms with E-state index in [4.69, 9.17) is 27.9 Å². The van der Waals surface area contributed by atoms with Crippen molar-refractivity contribution < 1.29 is 9.53 Å². The Hall–Kier alpha value is -0.730. The van der Waals surface area contributed by atoms with Gasteiger partial charge in [-0.15, -0.1) is 11.6 Å². The van der Waals surface area contributed by atoms with Crippen LogP contribution in [0.5, 0.6) is 5.75 Å². The molecular weight excluding hydrogens is 235 g/mol. The molecule has 1 aromatic rings. The SMILES string of the molecule is CCCOc1ccc(Cl)cc1C(=O)CCl. The minimum absolute atomic E-state index is 0.0666. The second kappa shape index (κ2) is 5.99. The van der Waals surface area contributed by atoms with E-state index in [1.165, 1.54) is 0 Å². The van der Waals surface area contributed by atoms with Crippen molar-refractivity contribution in [3.05, 3.63) is 28.8 Å². The van der Waals surface area contributed by atoms with E-state index < -0.39 is 0 Å². The molecule has 0 amide bonds. The van der Waals surface area contributed by atoms with Crippen LogP contribution in [0, 0.1) is 0 Å². The Labute approximate surface area is 99.1 Å². The summed E-state index contributed by atoms with van der Waals surface area (Å²) in [5.74, 6) is 0.306. The minimum atomic E-state index is -0.176. The molecule has 0 aliphatic carbocycles. The van der Waals surface area contributed by atoms with E-state index in [-0.39, 0.29) is 11.7 Å². The van der Waals surface area contributed by atoms with Gasteiger partial charge in [0.25, 0.3) is 0 Å². The fourth-order valence-electron chi connectivity index (χ4n) is 1.13. The fraction of sp³-hybridized carbons (Fsp3) is 0.364. The van der Waals surface area contributed by atoms with Gasteiger partial charge in [-0.25, -0.2) is 0 Å². The summed E-state index contributed by atoms with van der Waals surface area (Å²) in [5, 5.41) is 0.507. The molecule has 0 unspecified atom stereocenters. The summed E-state index contributed by atoms with van der Waals surface area (Å²) in [6, 6.07) is 4.96. The Bertz CT molecular complexity index is 350. The van der Waals surface area contributed by atoms with Crippen molar-refractivity contribution in [2.45, 2.75) is 13.3 Å². The molecule has 0 aliphatic rings. The third kappa shape index (κ3) is 3.40. The minimum Gasteiger partial charge on any atom is -0.493 e. The fourth-order valence-corrected chi connectivity index (χ4v) is 1.45. The van der Waals surface area contributed by atoms with Crippen LogP contribution in [0.1, 0.15) is 23.7 Å². The molecule has 0 N–H and O–H groups in total. The van der Waals surface area contributed by atoms with Crippen molar-refractivity contribution in [2.75, 3.05) is 12.5 Å². The van der Waals surface area contributed by atoms with Gasteiger partial charge >= 0.3 is 0 Å². The summed E-state index contributed by atoms with van der Waals surface area (Å²) >= 11 is 11.3. The van der Waals surface area contributed by atoms with Crippen LogP contribution in [-0.4, -0.2) is 18.3 Å². The van der Waals surface area contributed by atoms with Crippen LogP contribution < -0.4 is 4.74 Å². The lowest BCUT2D eigenvalue weighted by Crippen LogP contribution is -2.05. The smallest absolute Gasteiger partial charge is 0.181 e. The molecule has 0 atom stereocenters. The van der Waals surface area contributed by atoms with Gasteiger partial charge in [-0.05, 0) is 24.6 Å². The normalized spacial score (nSPS) is 10.1. The summed E-state index contributed by atoms with van der Waals surface area (Å²) in [4.78, 5) is 11.5. The molecule has 0 fully saturated rings. The number of carbonyl (C=O) groups excluding carboxylic acids is 1. The lowest BCUT2D eigenvalue weighted by Gasteiger charge is -2.09. The number of ketones is 1. The summed E-state index contributed by atoms with van der Waals surface area (Å²) in [5.41, 5.74) is 0.450. The maximum atomic E-state index is 11.5. The van der Waals surface area contributed by atoms with Crippen molar-refractivity contribution in [2.24, 2.45) is 0 Å². The van der Waals surface area contributed by atoms with Gasteiger partial charge in [0.05, 0.1) is 18.1 Å². The van der Waals surface area contributed by atoms with Crippen molar-refractivity contribution >= 4 is 29.0 Å². The molecule has 0 bridgehead atoms. The molecule has 0 radical (unpaired) electrons. The van der Waals surface area contributed by atoms with Gasteiger partial charge in [0.2, 0.25) is 0 Å². The van der Waals surface area contributed by atoms with Crippen LogP contribution in [0.15, 0.2) is 18.2 Å². The van der Waals surface area contributed by atoms with Crippen LogP contribution in [0.2, 0.25) is 5.02 Å². The highest BCUT2D eigenvalue weighted by Crippen LogP contribution is 2.23. The number of Topliss-reactive ketones (excluding diaryl/α,β-unsaturated/α-hetero) is 1. The quantitative estimate of drug-likeness (QED) is 0.587. The first-order valence-electron chi connectivity index (χ1n) is 4.70. The van der Waals surface area contributed by atoms with Gasteiger partial charge in [0.15, 0.2) is 5.78 Å². The van der Waals surface area contributed by atoms with Crippen LogP contribution in [0.25, 0.3) is 0 Å². The Balaban J connectivity index is 2.97. The zero-order valence-electron chi connectivity index (χ0n) is 8.43. The van der Waals surface area contributed by atoms with E-state index in [9.17, 15) is 4.79 Å². The highest BCUT2D eigenvalue weighted by Gasteiger charge is 2.11. The van der Waals surface area contributed by atoms with Crippen LogP contribution >= 0.6 is 23.2 Å². The summed E-state index contributed by atoms with van der Waals surface area (Å²) < 4.78 is 5.43. The molecule has 15 heavy (non-hydrogen) atoms. The maximum Gasteiger partial charge on any atom is 0.181 e. The molecule has 0 aromatic heterocycles. The average Bonchev–Trinajstić information content (AvgIpc) is 2.26. The van der Waals surface area contributed by atoms with E-state index in [0.717, 1.165) is 6.42 Å². The summed E-state index contributed by atoms with van der Waals surface area (Å²) in [6.45, 7) is 2.57. The molecule has 0 heterocycles. The number of rotatable bonds is 5. The van der Waals surface area contributed by atoms with Crippen molar-refractivity contribution in [1.29, 1.82) is 0 Å². The second-order valence-electron chi connectivity index (χ2n) is 3.05. The molecule has 0 spiro atoms. The predicted octanol–water partition coefficient (Wildman–Crippen LogP) is 3.55. The molecule has 1 aromatic carbocycles. The standard InChI is InChI=1S/C11H12Cl2O2/c1-2-5-15-11-4-3-8(13)6-9(11)10(14)7-12/h3-4,6H,2,5,7H2,1H3. The number of ether oxygens (including phenoxy) is 1. The topological polar surface area (TPSA) is 26.3 Å².